The van der Waals surface area contributed by atoms with Crippen molar-refractivity contribution in [1.82, 2.24) is 15.5 Å². The number of imide groups is 1. The fourth-order valence-corrected chi connectivity index (χ4v) is 2.23. The molecule has 0 aromatic rings. The number of likely N-dealkylation sites (tertiary alicyclic amines) is 1. The van der Waals surface area contributed by atoms with Gasteiger partial charge in [-0.05, 0) is 6.42 Å². The van der Waals surface area contributed by atoms with Crippen LogP contribution in [-0.4, -0.2) is 68.3 Å². The van der Waals surface area contributed by atoms with Crippen molar-refractivity contribution < 1.29 is 23.9 Å². The summed E-state index contributed by atoms with van der Waals surface area (Å²) in [7, 11) is 1.55. The SMILES string of the molecule is COCCOCC(=O)N1CCC2(C1)NC(=O)NC2=O. The Hall–Kier alpha value is -1.67. The molecule has 8 heteroatoms. The number of amides is 4. The second kappa shape index (κ2) is 5.54. The summed E-state index contributed by atoms with van der Waals surface area (Å²) in [5.74, 6) is -0.560. The number of rotatable bonds is 5. The minimum atomic E-state index is -0.959. The fourth-order valence-electron chi connectivity index (χ4n) is 2.23. The molecule has 0 aromatic carbocycles. The van der Waals surface area contributed by atoms with Gasteiger partial charge >= 0.3 is 6.03 Å². The molecule has 2 N–H and O–H groups in total. The molecule has 19 heavy (non-hydrogen) atoms. The number of hydrogen-bond acceptors (Lipinski definition) is 5. The summed E-state index contributed by atoms with van der Waals surface area (Å²) in [4.78, 5) is 36.2. The lowest BCUT2D eigenvalue weighted by atomic mass is 10.00. The van der Waals surface area contributed by atoms with E-state index in [1.165, 1.54) is 4.90 Å². The molecule has 106 valence electrons. The Morgan fingerprint density at radius 1 is 1.42 bits per heavy atom. The van der Waals surface area contributed by atoms with Gasteiger partial charge in [0.2, 0.25) is 5.91 Å². The molecule has 0 saturated carbocycles. The molecule has 2 rings (SSSR count). The van der Waals surface area contributed by atoms with Crippen LogP contribution in [-0.2, 0) is 19.1 Å². The van der Waals surface area contributed by atoms with Gasteiger partial charge in [0.05, 0.1) is 19.8 Å². The van der Waals surface area contributed by atoms with Crippen LogP contribution in [0, 0.1) is 0 Å². The van der Waals surface area contributed by atoms with Crippen molar-refractivity contribution in [2.75, 3.05) is 40.0 Å². The Bertz CT molecular complexity index is 400. The zero-order valence-corrected chi connectivity index (χ0v) is 10.7. The molecule has 1 atom stereocenters. The molecule has 2 aliphatic heterocycles. The second-order valence-corrected chi connectivity index (χ2v) is 4.60. The Morgan fingerprint density at radius 2 is 2.21 bits per heavy atom. The molecule has 8 nitrogen and oxygen atoms in total. The molecule has 2 heterocycles. The summed E-state index contributed by atoms with van der Waals surface area (Å²) in [6.45, 7) is 1.35. The van der Waals surface area contributed by atoms with Gasteiger partial charge in [0.1, 0.15) is 12.1 Å². The summed E-state index contributed by atoms with van der Waals surface area (Å²) in [6, 6.07) is -0.504. The third-order valence-corrected chi connectivity index (χ3v) is 3.29. The monoisotopic (exact) mass is 271 g/mol. The normalized spacial score (nSPS) is 25.8. The summed E-state index contributed by atoms with van der Waals surface area (Å²) in [5.41, 5.74) is -0.959. The lowest BCUT2D eigenvalue weighted by Crippen LogP contribution is -2.50. The first-order chi connectivity index (χ1) is 9.07. The van der Waals surface area contributed by atoms with Gasteiger partial charge in [-0.3, -0.25) is 14.9 Å². The standard InChI is InChI=1S/C11H17N3O5/c1-18-4-5-19-6-8(15)14-3-2-11(7-14)9(16)12-10(17)13-11/h2-7H2,1H3,(H2,12,13,16,17). The van der Waals surface area contributed by atoms with E-state index in [0.29, 0.717) is 26.2 Å². The molecule has 0 aliphatic carbocycles. The van der Waals surface area contributed by atoms with Crippen LogP contribution in [0.25, 0.3) is 0 Å². The van der Waals surface area contributed by atoms with Crippen molar-refractivity contribution in [3.63, 3.8) is 0 Å². The van der Waals surface area contributed by atoms with Crippen LogP contribution in [0.3, 0.4) is 0 Å². The van der Waals surface area contributed by atoms with Crippen LogP contribution in [0.4, 0.5) is 4.79 Å². The zero-order chi connectivity index (χ0) is 13.9. The van der Waals surface area contributed by atoms with Crippen LogP contribution in [0.5, 0.6) is 0 Å². The van der Waals surface area contributed by atoms with Gasteiger partial charge in [-0.15, -0.1) is 0 Å². The van der Waals surface area contributed by atoms with Crippen molar-refractivity contribution in [3.05, 3.63) is 0 Å². The highest BCUT2D eigenvalue weighted by atomic mass is 16.5. The van der Waals surface area contributed by atoms with Crippen molar-refractivity contribution in [2.24, 2.45) is 0 Å². The average molecular weight is 271 g/mol. The largest absolute Gasteiger partial charge is 0.382 e. The van der Waals surface area contributed by atoms with Crippen LogP contribution in [0.15, 0.2) is 0 Å². The number of hydrogen-bond donors (Lipinski definition) is 2. The van der Waals surface area contributed by atoms with E-state index in [9.17, 15) is 14.4 Å². The van der Waals surface area contributed by atoms with Crippen LogP contribution >= 0.6 is 0 Å². The number of urea groups is 1. The zero-order valence-electron chi connectivity index (χ0n) is 10.7. The highest BCUT2D eigenvalue weighted by Crippen LogP contribution is 2.24. The third-order valence-electron chi connectivity index (χ3n) is 3.29. The number of nitrogens with one attached hydrogen (secondary N) is 2. The maximum absolute atomic E-state index is 11.9. The van der Waals surface area contributed by atoms with Gasteiger partial charge in [0.15, 0.2) is 0 Å². The second-order valence-electron chi connectivity index (χ2n) is 4.60. The summed E-state index contributed by atoms with van der Waals surface area (Å²) in [5, 5.41) is 4.78. The molecular weight excluding hydrogens is 254 g/mol. The smallest absolute Gasteiger partial charge is 0.322 e. The number of carbonyl (C=O) groups is 3. The number of carbonyl (C=O) groups excluding carboxylic acids is 3. The van der Waals surface area contributed by atoms with E-state index in [2.05, 4.69) is 10.6 Å². The van der Waals surface area contributed by atoms with Crippen LogP contribution in [0.2, 0.25) is 0 Å². The first-order valence-electron chi connectivity index (χ1n) is 6.05. The quantitative estimate of drug-likeness (QED) is 0.466. The Labute approximate surface area is 110 Å². The van der Waals surface area contributed by atoms with E-state index >= 15 is 0 Å². The Morgan fingerprint density at radius 3 is 2.84 bits per heavy atom. The predicted molar refractivity (Wildman–Crippen MR) is 63.3 cm³/mol. The first kappa shape index (κ1) is 13.8. The number of ether oxygens (including phenoxy) is 2. The Kier molecular flexibility index (Phi) is 4.01. The topological polar surface area (TPSA) is 97.0 Å². The van der Waals surface area contributed by atoms with Crippen molar-refractivity contribution >= 4 is 17.8 Å². The van der Waals surface area contributed by atoms with Gasteiger partial charge < -0.3 is 19.7 Å². The van der Waals surface area contributed by atoms with Crippen molar-refractivity contribution in [2.45, 2.75) is 12.0 Å². The third kappa shape index (κ3) is 2.85. The molecule has 1 unspecified atom stereocenters. The first-order valence-corrected chi connectivity index (χ1v) is 6.05. The van der Waals surface area contributed by atoms with E-state index in [1.807, 2.05) is 0 Å². The molecule has 0 aromatic heterocycles. The minimum absolute atomic E-state index is 0.0466. The maximum Gasteiger partial charge on any atom is 0.322 e. The highest BCUT2D eigenvalue weighted by Gasteiger charge is 2.51. The van der Waals surface area contributed by atoms with Gasteiger partial charge in [0, 0.05) is 13.7 Å². The highest BCUT2D eigenvalue weighted by molar-refractivity contribution is 6.07. The fraction of sp³-hybridized carbons (Fsp3) is 0.727. The van der Waals surface area contributed by atoms with E-state index in [4.69, 9.17) is 9.47 Å². The van der Waals surface area contributed by atoms with Gasteiger partial charge in [-0.2, -0.15) is 0 Å². The van der Waals surface area contributed by atoms with E-state index in [1.54, 1.807) is 7.11 Å². The molecule has 2 aliphatic rings. The molecule has 2 fully saturated rings. The summed E-state index contributed by atoms with van der Waals surface area (Å²) >= 11 is 0. The van der Waals surface area contributed by atoms with Crippen LogP contribution in [0.1, 0.15) is 6.42 Å². The van der Waals surface area contributed by atoms with Gasteiger partial charge in [-0.25, -0.2) is 4.79 Å². The van der Waals surface area contributed by atoms with Crippen LogP contribution < -0.4 is 10.6 Å². The molecule has 0 radical (unpaired) electrons. The summed E-state index contributed by atoms with van der Waals surface area (Å²) < 4.78 is 9.94. The maximum atomic E-state index is 11.9. The molecule has 2 saturated heterocycles. The molecule has 4 amide bonds. The van der Waals surface area contributed by atoms with E-state index < -0.39 is 11.6 Å². The van der Waals surface area contributed by atoms with E-state index in [0.717, 1.165) is 0 Å². The van der Waals surface area contributed by atoms with Crippen molar-refractivity contribution in [1.29, 1.82) is 0 Å². The average Bonchev–Trinajstić information content (AvgIpc) is 2.90. The summed E-state index contributed by atoms with van der Waals surface area (Å²) in [6.07, 6.45) is 0.425. The van der Waals surface area contributed by atoms with Crippen molar-refractivity contribution in [3.8, 4) is 0 Å². The van der Waals surface area contributed by atoms with Gasteiger partial charge in [-0.1, -0.05) is 0 Å². The molecule has 0 bridgehead atoms. The minimum Gasteiger partial charge on any atom is -0.382 e. The lowest BCUT2D eigenvalue weighted by Gasteiger charge is -2.21. The lowest BCUT2D eigenvalue weighted by molar-refractivity contribution is -0.136. The molecular formula is C11H17N3O5. The Balaban J connectivity index is 1.83. The molecule has 1 spiro atoms. The number of methoxy groups -OCH3 is 1. The predicted octanol–water partition coefficient (Wildman–Crippen LogP) is -1.54. The van der Waals surface area contributed by atoms with E-state index in [-0.39, 0.29) is 25.0 Å². The van der Waals surface area contributed by atoms with Gasteiger partial charge in [0.25, 0.3) is 5.91 Å². The number of nitrogens with zero attached hydrogens (tertiary/aromatic N) is 1.